The highest BCUT2D eigenvalue weighted by atomic mass is 32.2. The molecule has 21 nitrogen and oxygen atoms in total. The summed E-state index contributed by atoms with van der Waals surface area (Å²) < 4.78 is 70.3. The molecule has 4 N–H and O–H groups in total. The normalized spacial score (nSPS) is 22.9. The molecule has 0 spiro atoms. The Bertz CT molecular complexity index is 2700. The van der Waals surface area contributed by atoms with Crippen molar-refractivity contribution >= 4 is 68.3 Å². The monoisotopic (exact) mass is 935 g/mol. The summed E-state index contributed by atoms with van der Waals surface area (Å²) in [6, 6.07) is 5.29. The Morgan fingerprint density at radius 1 is 0.985 bits per heavy atom. The molecule has 66 heavy (non-hydrogen) atoms. The second-order valence-electron chi connectivity index (χ2n) is 17.0. The summed E-state index contributed by atoms with van der Waals surface area (Å²) in [5.74, 6) is -4.04. The maximum absolute atomic E-state index is 14.2. The van der Waals surface area contributed by atoms with Crippen molar-refractivity contribution in [2.24, 2.45) is 5.92 Å². The van der Waals surface area contributed by atoms with Gasteiger partial charge in [-0.25, -0.2) is 26.7 Å². The molecule has 1 aromatic carbocycles. The average molecular weight is 936 g/mol. The number of alkyl halides is 2. The van der Waals surface area contributed by atoms with Gasteiger partial charge in [0.15, 0.2) is 11.3 Å². The smallest absolute Gasteiger partial charge is 0.284 e. The maximum atomic E-state index is 14.2. The van der Waals surface area contributed by atoms with Gasteiger partial charge in [-0.05, 0) is 69.6 Å². The first-order chi connectivity index (χ1) is 31.7. The van der Waals surface area contributed by atoms with E-state index in [0.29, 0.717) is 50.5 Å². The Morgan fingerprint density at radius 2 is 1.79 bits per heavy atom. The molecule has 1 saturated carbocycles. The number of ether oxygens (including phenoxy) is 2. The van der Waals surface area contributed by atoms with Gasteiger partial charge >= 0.3 is 0 Å². The van der Waals surface area contributed by atoms with Crippen molar-refractivity contribution in [2.75, 3.05) is 54.2 Å². The third-order valence-corrected chi connectivity index (χ3v) is 14.0. The Morgan fingerprint density at radius 3 is 2.53 bits per heavy atom. The number of hydrogen-bond acceptors (Lipinski definition) is 15. The number of halogens is 2. The lowest BCUT2D eigenvalue weighted by atomic mass is 9.86. The highest BCUT2D eigenvalue weighted by molar-refractivity contribution is 7.90. The molecule has 6 amide bonds. The van der Waals surface area contributed by atoms with E-state index in [-0.39, 0.29) is 97.3 Å². The number of imide groups is 2. The van der Waals surface area contributed by atoms with Crippen molar-refractivity contribution in [1.29, 1.82) is 0 Å². The lowest BCUT2D eigenvalue weighted by Gasteiger charge is -2.27. The topological polar surface area (TPSA) is 258 Å². The highest BCUT2D eigenvalue weighted by Crippen LogP contribution is 2.37. The van der Waals surface area contributed by atoms with Gasteiger partial charge < -0.3 is 25.0 Å². The molecule has 2 bridgehead atoms. The second-order valence-corrected chi connectivity index (χ2v) is 18.8. The van der Waals surface area contributed by atoms with Crippen molar-refractivity contribution in [2.45, 2.75) is 88.4 Å². The van der Waals surface area contributed by atoms with E-state index >= 15 is 0 Å². The van der Waals surface area contributed by atoms with E-state index in [4.69, 9.17) is 9.47 Å². The van der Waals surface area contributed by atoms with Crippen LogP contribution in [0.4, 0.5) is 26.0 Å². The molecule has 3 atom stereocenters. The highest BCUT2D eigenvalue weighted by Gasteiger charge is 2.46. The number of benzene rings is 1. The van der Waals surface area contributed by atoms with Crippen molar-refractivity contribution < 1.29 is 55.4 Å². The first-order valence-corrected chi connectivity index (χ1v) is 23.5. The van der Waals surface area contributed by atoms with Crippen LogP contribution in [0.1, 0.15) is 107 Å². The summed E-state index contributed by atoms with van der Waals surface area (Å²) in [5.41, 5.74) is 0.284. The SMILES string of the molecule is O=C1CCC(N2C(=O)c3cccc(NCCCOCCCS(=O)(=O)NC(=O)C4CCC(n5cc(NC(=O)c6cnn7ccc(N8C[C@H]9C[C@@H]8CO9)nc67)c(C(F)F)n5)CC4)c3C2=O)C(=O)N1. The first-order valence-electron chi connectivity index (χ1n) is 21.9. The summed E-state index contributed by atoms with van der Waals surface area (Å²) in [6.07, 6.45) is 4.30. The van der Waals surface area contributed by atoms with Gasteiger partial charge in [-0.2, -0.15) is 10.2 Å². The predicted molar refractivity (Wildman–Crippen MR) is 228 cm³/mol. The Hall–Kier alpha value is -6.40. The van der Waals surface area contributed by atoms with Gasteiger partial charge in [-0.3, -0.25) is 48.4 Å². The van der Waals surface area contributed by atoms with Crippen LogP contribution in [-0.4, -0.2) is 130 Å². The van der Waals surface area contributed by atoms with Crippen LogP contribution in [0, 0.1) is 5.92 Å². The number of amides is 6. The molecule has 1 unspecified atom stereocenters. The molecule has 3 saturated heterocycles. The molecule has 4 fully saturated rings. The quantitative estimate of drug-likeness (QED) is 0.0877. The number of carbonyl (C=O) groups is 6. The van der Waals surface area contributed by atoms with Crippen LogP contribution in [0.5, 0.6) is 0 Å². The van der Waals surface area contributed by atoms with Crippen molar-refractivity contribution in [1.82, 2.24) is 39.3 Å². The minimum atomic E-state index is -3.98. The molecular weight excluding hydrogens is 889 g/mol. The van der Waals surface area contributed by atoms with Gasteiger partial charge in [-0.15, -0.1) is 0 Å². The lowest BCUT2D eigenvalue weighted by Crippen LogP contribution is -2.54. The van der Waals surface area contributed by atoms with Gasteiger partial charge in [-0.1, -0.05) is 6.07 Å². The third kappa shape index (κ3) is 9.07. The van der Waals surface area contributed by atoms with E-state index in [9.17, 15) is 46.0 Å². The minimum Gasteiger partial charge on any atom is -0.384 e. The summed E-state index contributed by atoms with van der Waals surface area (Å²) in [5, 5.41) is 16.2. The van der Waals surface area contributed by atoms with E-state index in [1.807, 2.05) is 0 Å². The number of nitrogens with zero attached hydrogens (tertiary/aromatic N) is 7. The second kappa shape index (κ2) is 18.5. The molecule has 24 heteroatoms. The van der Waals surface area contributed by atoms with E-state index < -0.39 is 69.5 Å². The molecule has 4 aliphatic heterocycles. The van der Waals surface area contributed by atoms with Crippen LogP contribution in [0.25, 0.3) is 5.65 Å². The summed E-state index contributed by atoms with van der Waals surface area (Å²) in [4.78, 5) is 84.5. The summed E-state index contributed by atoms with van der Waals surface area (Å²) in [7, 11) is -3.98. The lowest BCUT2D eigenvalue weighted by molar-refractivity contribution is -0.136. The third-order valence-electron chi connectivity index (χ3n) is 12.7. The van der Waals surface area contributed by atoms with Crippen molar-refractivity contribution in [3.8, 4) is 0 Å². The Kier molecular flexibility index (Phi) is 12.5. The van der Waals surface area contributed by atoms with Crippen LogP contribution in [0.3, 0.4) is 0 Å². The van der Waals surface area contributed by atoms with Gasteiger partial charge in [0, 0.05) is 56.7 Å². The van der Waals surface area contributed by atoms with Gasteiger partial charge in [0.1, 0.15) is 17.4 Å². The minimum absolute atomic E-state index is 0.0127. The molecule has 9 rings (SSSR count). The van der Waals surface area contributed by atoms with Crippen molar-refractivity contribution in [3.63, 3.8) is 0 Å². The van der Waals surface area contributed by atoms with E-state index in [2.05, 4.69) is 40.8 Å². The first kappa shape index (κ1) is 44.8. The number of hydrogen-bond donors (Lipinski definition) is 4. The molecule has 0 radical (unpaired) electrons. The number of piperidine rings is 1. The molecule has 5 aliphatic rings. The average Bonchev–Trinajstić information content (AvgIpc) is 4.14. The molecule has 4 aromatic rings. The van der Waals surface area contributed by atoms with Gasteiger partial charge in [0.2, 0.25) is 27.7 Å². The largest absolute Gasteiger partial charge is 0.384 e. The number of aromatic nitrogens is 5. The molecule has 1 aliphatic carbocycles. The maximum Gasteiger partial charge on any atom is 0.284 e. The van der Waals surface area contributed by atoms with Crippen LogP contribution >= 0.6 is 0 Å². The van der Waals surface area contributed by atoms with Gasteiger partial charge in [0.05, 0.1) is 53.6 Å². The molecule has 350 valence electrons. The molecule has 7 heterocycles. The Labute approximate surface area is 376 Å². The van der Waals surface area contributed by atoms with Crippen LogP contribution in [-0.2, 0) is 33.9 Å². The van der Waals surface area contributed by atoms with Crippen LogP contribution in [0.15, 0.2) is 42.9 Å². The van der Waals surface area contributed by atoms with E-state index in [0.717, 1.165) is 11.3 Å². The zero-order chi connectivity index (χ0) is 46.3. The summed E-state index contributed by atoms with van der Waals surface area (Å²) in [6.45, 7) is 1.96. The van der Waals surface area contributed by atoms with E-state index in [1.165, 1.54) is 27.7 Å². The number of sulfonamides is 1. The van der Waals surface area contributed by atoms with Crippen molar-refractivity contribution in [3.05, 3.63) is 65.2 Å². The predicted octanol–water partition coefficient (Wildman–Crippen LogP) is 2.58. The number of carbonyl (C=O) groups excluding carboxylic acids is 6. The van der Waals surface area contributed by atoms with Crippen LogP contribution < -0.4 is 25.6 Å². The molecular formula is C42H47F2N11O10S. The van der Waals surface area contributed by atoms with Crippen LogP contribution in [0.2, 0.25) is 0 Å². The fourth-order valence-corrected chi connectivity index (χ4v) is 10.4. The number of fused-ring (bicyclic) bond motifs is 4. The fraction of sp³-hybridized carbons (Fsp3) is 0.500. The standard InChI is InChI=1S/C42H47F2N11O10S/c43-36(44)35-30(47-39(58)28-19-46-53-14-12-32(48-37(28)53)52-20-26-18-25(52)22-65-26)21-54(50-35)24-8-6-23(7-9-24)38(57)51-66(62,63)17-3-16-64-15-2-13-45-29-5-1-4-27-34(29)42(61)55(41(27)60)31-10-11-33(56)49-40(31)59/h1,4-5,12,14,19,21,23-26,31,36,45H,2-3,6-11,13,15-18,20,22H2,(H,47,58)(H,51,57)(H,49,56,59)/t23?,24?,25-,26-,31?/m1/s1. The zero-order valence-corrected chi connectivity index (χ0v) is 36.3. The van der Waals surface area contributed by atoms with Gasteiger partial charge in [0.25, 0.3) is 24.1 Å². The van der Waals surface area contributed by atoms with E-state index in [1.54, 1.807) is 24.4 Å². The zero-order valence-electron chi connectivity index (χ0n) is 35.5. The Balaban J connectivity index is 0.699. The number of morpholine rings is 1. The summed E-state index contributed by atoms with van der Waals surface area (Å²) >= 11 is 0. The number of rotatable bonds is 17. The number of nitrogens with one attached hydrogen (secondary N) is 4. The molecule has 3 aromatic heterocycles. The number of anilines is 3. The fourth-order valence-electron chi connectivity index (χ4n) is 9.30.